The van der Waals surface area contributed by atoms with Gasteiger partial charge in [-0.25, -0.2) is 18.1 Å². The van der Waals surface area contributed by atoms with Gasteiger partial charge in [0.2, 0.25) is 10.0 Å². The third-order valence-corrected chi connectivity index (χ3v) is 6.51. The second-order valence-corrected chi connectivity index (χ2v) is 9.13. The molecule has 1 fully saturated rings. The van der Waals surface area contributed by atoms with Gasteiger partial charge in [0, 0.05) is 24.9 Å². The number of benzene rings is 1. The lowest BCUT2D eigenvalue weighted by Gasteiger charge is -2.13. The van der Waals surface area contributed by atoms with Crippen molar-refractivity contribution >= 4 is 15.8 Å². The minimum Gasteiger partial charge on any atom is -0.383 e. The highest BCUT2D eigenvalue weighted by Gasteiger charge is 2.21. The topological polar surface area (TPSA) is 133 Å². The van der Waals surface area contributed by atoms with E-state index in [1.165, 1.54) is 0 Å². The molecule has 0 bridgehead atoms. The summed E-state index contributed by atoms with van der Waals surface area (Å²) in [4.78, 5) is 8.63. The molecule has 1 aliphatic rings. The van der Waals surface area contributed by atoms with Gasteiger partial charge in [-0.1, -0.05) is 11.2 Å². The number of nitrogens with two attached hydrogens (primary N) is 1. The molecule has 10 heteroatoms. The lowest BCUT2D eigenvalue weighted by atomic mass is 10.0. The van der Waals surface area contributed by atoms with Crippen LogP contribution in [0.15, 0.2) is 39.9 Å². The molecule has 0 amide bonds. The molecule has 1 atom stereocenters. The van der Waals surface area contributed by atoms with Gasteiger partial charge in [-0.05, 0) is 55.5 Å². The van der Waals surface area contributed by atoms with Gasteiger partial charge in [0.05, 0.1) is 17.1 Å². The number of nitrogen functional groups attached to an aromatic ring is 1. The van der Waals surface area contributed by atoms with Crippen LogP contribution in [0.3, 0.4) is 0 Å². The van der Waals surface area contributed by atoms with Crippen LogP contribution in [0.1, 0.15) is 17.8 Å². The molecule has 3 heterocycles. The molecule has 1 saturated heterocycles. The largest absolute Gasteiger partial charge is 0.383 e. The number of hydrogen-bond donors (Lipinski definition) is 2. The lowest BCUT2D eigenvalue weighted by Crippen LogP contribution is -2.29. The highest BCUT2D eigenvalue weighted by Crippen LogP contribution is 2.31. The first-order chi connectivity index (χ1) is 14.3. The second-order valence-electron chi connectivity index (χ2n) is 7.36. The van der Waals surface area contributed by atoms with E-state index in [9.17, 15) is 8.42 Å². The van der Waals surface area contributed by atoms with Crippen molar-refractivity contribution in [3.63, 3.8) is 0 Å². The Morgan fingerprint density at radius 2 is 2.07 bits per heavy atom. The van der Waals surface area contributed by atoms with Gasteiger partial charge < -0.3 is 15.0 Å². The van der Waals surface area contributed by atoms with Crippen molar-refractivity contribution in [3.05, 3.63) is 41.9 Å². The minimum absolute atomic E-state index is 0.189. The Bertz CT molecular complexity index is 1170. The Labute approximate surface area is 174 Å². The van der Waals surface area contributed by atoms with Gasteiger partial charge in [0.25, 0.3) is 5.89 Å². The molecule has 3 N–H and O–H groups in total. The second kappa shape index (κ2) is 8.13. The van der Waals surface area contributed by atoms with Crippen molar-refractivity contribution in [3.8, 4) is 22.6 Å². The van der Waals surface area contributed by atoms with Gasteiger partial charge in [-0.15, -0.1) is 0 Å². The van der Waals surface area contributed by atoms with E-state index in [1.54, 1.807) is 37.4 Å². The van der Waals surface area contributed by atoms with Crippen LogP contribution >= 0.6 is 0 Å². The van der Waals surface area contributed by atoms with E-state index in [0.717, 1.165) is 17.5 Å². The third kappa shape index (κ3) is 4.20. The van der Waals surface area contributed by atoms with Crippen LogP contribution in [0.25, 0.3) is 22.6 Å². The number of hydrogen-bond acceptors (Lipinski definition) is 8. The van der Waals surface area contributed by atoms with Gasteiger partial charge in [-0.3, -0.25) is 0 Å². The Morgan fingerprint density at radius 3 is 2.77 bits per heavy atom. The zero-order chi connectivity index (χ0) is 21.3. The van der Waals surface area contributed by atoms with Crippen LogP contribution in [0.2, 0.25) is 0 Å². The summed E-state index contributed by atoms with van der Waals surface area (Å²) in [6.45, 7) is 5.23. The fourth-order valence-corrected chi connectivity index (χ4v) is 4.48. The average Bonchev–Trinajstić information content (AvgIpc) is 3.39. The van der Waals surface area contributed by atoms with Crippen molar-refractivity contribution in [2.75, 3.05) is 25.5 Å². The minimum atomic E-state index is -3.65. The molecule has 9 nitrogen and oxygen atoms in total. The SMILES string of the molecule is Cc1noc(-c2cc(-c3cc(S(=O)(=O)NC[C@H]4CCOC4)ccc3C)cnc2N)n1. The summed E-state index contributed by atoms with van der Waals surface area (Å²) in [5.74, 6) is 1.20. The van der Waals surface area contributed by atoms with Crippen LogP contribution < -0.4 is 10.5 Å². The Hall–Kier alpha value is -2.82. The predicted molar refractivity (Wildman–Crippen MR) is 111 cm³/mol. The van der Waals surface area contributed by atoms with E-state index in [-0.39, 0.29) is 22.5 Å². The molecule has 30 heavy (non-hydrogen) atoms. The smallest absolute Gasteiger partial charge is 0.261 e. The number of aryl methyl sites for hydroxylation is 2. The monoisotopic (exact) mass is 429 g/mol. The van der Waals surface area contributed by atoms with E-state index >= 15 is 0 Å². The summed E-state index contributed by atoms with van der Waals surface area (Å²) in [6, 6.07) is 6.78. The number of rotatable bonds is 6. The van der Waals surface area contributed by atoms with Crippen LogP contribution in [-0.4, -0.2) is 43.3 Å². The fraction of sp³-hybridized carbons (Fsp3) is 0.350. The first kappa shape index (κ1) is 20.5. The molecule has 0 spiro atoms. The Balaban J connectivity index is 1.66. The van der Waals surface area contributed by atoms with Crippen molar-refractivity contribution in [2.45, 2.75) is 25.2 Å². The highest BCUT2D eigenvalue weighted by atomic mass is 32.2. The lowest BCUT2D eigenvalue weighted by molar-refractivity contribution is 0.186. The molecular weight excluding hydrogens is 406 g/mol. The molecular formula is C20H23N5O4S. The summed E-state index contributed by atoms with van der Waals surface area (Å²) in [6.07, 6.45) is 2.46. The Kier molecular flexibility index (Phi) is 5.54. The normalized spacial score (nSPS) is 16.8. The maximum atomic E-state index is 12.8. The molecule has 0 radical (unpaired) electrons. The molecule has 1 aliphatic heterocycles. The van der Waals surface area contributed by atoms with Crippen molar-refractivity contribution < 1.29 is 17.7 Å². The van der Waals surface area contributed by atoms with Crippen molar-refractivity contribution in [1.29, 1.82) is 0 Å². The van der Waals surface area contributed by atoms with Crippen LogP contribution in [0.4, 0.5) is 5.82 Å². The van der Waals surface area contributed by atoms with Crippen LogP contribution in [-0.2, 0) is 14.8 Å². The number of aromatic nitrogens is 3. The van der Waals surface area contributed by atoms with Crippen LogP contribution in [0.5, 0.6) is 0 Å². The molecule has 2 aromatic heterocycles. The number of pyridine rings is 1. The Morgan fingerprint density at radius 1 is 1.23 bits per heavy atom. The number of sulfonamides is 1. The summed E-state index contributed by atoms with van der Waals surface area (Å²) >= 11 is 0. The molecule has 0 unspecified atom stereocenters. The van der Waals surface area contributed by atoms with E-state index in [0.29, 0.717) is 36.7 Å². The van der Waals surface area contributed by atoms with Gasteiger partial charge in [0.15, 0.2) is 5.82 Å². The summed E-state index contributed by atoms with van der Waals surface area (Å²) in [7, 11) is -3.65. The van der Waals surface area contributed by atoms with Gasteiger partial charge in [-0.2, -0.15) is 4.98 Å². The standard InChI is InChI=1S/C20H23N5O4S/c1-12-3-4-16(30(26,27)23-9-14-5-6-28-11-14)8-17(12)15-7-18(19(21)22-10-15)20-24-13(2)25-29-20/h3-4,7-8,10,14,23H,5-6,9,11H2,1-2H3,(H2,21,22)/t14-/m1/s1. The van der Waals surface area contributed by atoms with Crippen molar-refractivity contribution in [1.82, 2.24) is 19.8 Å². The number of anilines is 1. The van der Waals surface area contributed by atoms with Crippen LogP contribution in [0, 0.1) is 19.8 Å². The molecule has 158 valence electrons. The predicted octanol–water partition coefficient (Wildman–Crippen LogP) is 2.31. The zero-order valence-corrected chi connectivity index (χ0v) is 17.6. The number of nitrogens with one attached hydrogen (secondary N) is 1. The molecule has 0 saturated carbocycles. The van der Waals surface area contributed by atoms with E-state index in [4.69, 9.17) is 15.0 Å². The third-order valence-electron chi connectivity index (χ3n) is 5.09. The maximum Gasteiger partial charge on any atom is 0.261 e. The summed E-state index contributed by atoms with van der Waals surface area (Å²) in [5.41, 5.74) is 8.82. The average molecular weight is 430 g/mol. The highest BCUT2D eigenvalue weighted by molar-refractivity contribution is 7.89. The van der Waals surface area contributed by atoms with Gasteiger partial charge >= 0.3 is 0 Å². The first-order valence-electron chi connectivity index (χ1n) is 9.58. The molecule has 3 aromatic rings. The van der Waals surface area contributed by atoms with E-state index in [2.05, 4.69) is 19.8 Å². The quantitative estimate of drug-likeness (QED) is 0.610. The molecule has 4 rings (SSSR count). The molecule has 1 aromatic carbocycles. The number of nitrogens with zero attached hydrogens (tertiary/aromatic N) is 3. The number of ether oxygens (including phenoxy) is 1. The zero-order valence-electron chi connectivity index (χ0n) is 16.8. The van der Waals surface area contributed by atoms with Gasteiger partial charge in [0.1, 0.15) is 5.82 Å². The fourth-order valence-electron chi connectivity index (χ4n) is 3.33. The maximum absolute atomic E-state index is 12.8. The first-order valence-corrected chi connectivity index (χ1v) is 11.1. The van der Waals surface area contributed by atoms with Crippen molar-refractivity contribution in [2.24, 2.45) is 5.92 Å². The summed E-state index contributed by atoms with van der Waals surface area (Å²) in [5, 5.41) is 3.79. The van der Waals surface area contributed by atoms with E-state index < -0.39 is 10.0 Å². The molecule has 0 aliphatic carbocycles. The van der Waals surface area contributed by atoms with E-state index in [1.807, 2.05) is 6.92 Å². The summed E-state index contributed by atoms with van der Waals surface area (Å²) < 4.78 is 38.8.